The molecule has 0 saturated heterocycles. The first-order chi connectivity index (χ1) is 30.1. The van der Waals surface area contributed by atoms with Crippen molar-refractivity contribution in [2.75, 3.05) is 9.80 Å². The van der Waals surface area contributed by atoms with Crippen LogP contribution in [0.25, 0.3) is 65.7 Å². The lowest BCUT2D eigenvalue weighted by atomic mass is 9.98. The van der Waals surface area contributed by atoms with E-state index in [1.165, 1.54) is 33.4 Å². The van der Waals surface area contributed by atoms with Crippen LogP contribution in [0.1, 0.15) is 11.1 Å². The average molecular weight is 783 g/mol. The van der Waals surface area contributed by atoms with Crippen LogP contribution in [0.4, 0.5) is 34.1 Å². The lowest BCUT2D eigenvalue weighted by Crippen LogP contribution is -2.11. The molecule has 1 heterocycles. The molecule has 290 valence electrons. The Balaban J connectivity index is 1.16. The first kappa shape index (κ1) is 36.2. The molecule has 0 aliphatic rings. The molecule has 3 heteroatoms. The maximum absolute atomic E-state index is 7.10. The van der Waals surface area contributed by atoms with E-state index >= 15 is 0 Å². The number of hydrogen-bond donors (Lipinski definition) is 0. The molecule has 0 spiro atoms. The predicted molar refractivity (Wildman–Crippen MR) is 258 cm³/mol. The Morgan fingerprint density at radius 3 is 0.934 bits per heavy atom. The summed E-state index contributed by atoms with van der Waals surface area (Å²) in [5.41, 5.74) is 15.5. The summed E-state index contributed by atoms with van der Waals surface area (Å²) in [5, 5.41) is 6.51. The summed E-state index contributed by atoms with van der Waals surface area (Å²) in [6.07, 6.45) is 0. The number of aryl methyl sites for hydroxylation is 2. The summed E-state index contributed by atoms with van der Waals surface area (Å²) in [6.45, 7) is 4.28. The first-order valence-electron chi connectivity index (χ1n) is 20.9. The molecule has 0 fully saturated rings. The second-order valence-corrected chi connectivity index (χ2v) is 15.9. The number of hydrogen-bond acceptors (Lipinski definition) is 3. The zero-order valence-electron chi connectivity index (χ0n) is 34.1. The van der Waals surface area contributed by atoms with Gasteiger partial charge in [-0.15, -0.1) is 0 Å². The second-order valence-electron chi connectivity index (χ2n) is 15.9. The zero-order chi connectivity index (χ0) is 40.9. The van der Waals surface area contributed by atoms with Crippen molar-refractivity contribution in [2.24, 2.45) is 0 Å². The lowest BCUT2D eigenvalue weighted by Gasteiger charge is -2.28. The quantitative estimate of drug-likeness (QED) is 0.153. The molecule has 0 atom stereocenters. The number of benzene rings is 10. The molecule has 0 saturated carbocycles. The second kappa shape index (κ2) is 15.1. The van der Waals surface area contributed by atoms with E-state index in [2.05, 4.69) is 242 Å². The van der Waals surface area contributed by atoms with Gasteiger partial charge in [-0.3, -0.25) is 0 Å². The number of anilines is 6. The highest BCUT2D eigenvalue weighted by molar-refractivity contribution is 6.25. The molecule has 0 unspecified atom stereocenters. The lowest BCUT2D eigenvalue weighted by molar-refractivity contribution is 0.676. The normalized spacial score (nSPS) is 11.4. The minimum Gasteiger partial charge on any atom is -0.455 e. The molecule has 0 bridgehead atoms. The third kappa shape index (κ3) is 6.48. The van der Waals surface area contributed by atoms with Crippen LogP contribution in [0.3, 0.4) is 0 Å². The molecule has 11 rings (SSSR count). The molecule has 11 aromatic rings. The zero-order valence-corrected chi connectivity index (χ0v) is 34.1. The van der Waals surface area contributed by atoms with Gasteiger partial charge in [0.2, 0.25) is 0 Å². The summed E-state index contributed by atoms with van der Waals surface area (Å²) in [5.74, 6) is 0. The molecule has 0 aliphatic carbocycles. The Labute approximate surface area is 356 Å². The summed E-state index contributed by atoms with van der Waals surface area (Å²) in [7, 11) is 0. The third-order valence-corrected chi connectivity index (χ3v) is 12.0. The highest BCUT2D eigenvalue weighted by atomic mass is 16.3. The smallest absolute Gasteiger partial charge is 0.143 e. The fourth-order valence-corrected chi connectivity index (χ4v) is 8.86. The third-order valence-electron chi connectivity index (χ3n) is 12.0. The van der Waals surface area contributed by atoms with E-state index in [-0.39, 0.29) is 0 Å². The van der Waals surface area contributed by atoms with Gasteiger partial charge in [0.1, 0.15) is 11.2 Å². The Morgan fingerprint density at radius 2 is 0.574 bits per heavy atom. The van der Waals surface area contributed by atoms with Crippen molar-refractivity contribution >= 4 is 77.6 Å². The van der Waals surface area contributed by atoms with Crippen molar-refractivity contribution in [3.63, 3.8) is 0 Å². The molecule has 3 nitrogen and oxygen atoms in total. The van der Waals surface area contributed by atoms with Crippen LogP contribution >= 0.6 is 0 Å². The first-order valence-corrected chi connectivity index (χ1v) is 20.9. The van der Waals surface area contributed by atoms with Gasteiger partial charge in [0.15, 0.2) is 0 Å². The van der Waals surface area contributed by atoms with E-state index in [0.29, 0.717) is 0 Å². The van der Waals surface area contributed by atoms with Gasteiger partial charge in [0, 0.05) is 55.1 Å². The maximum atomic E-state index is 7.10. The molecule has 0 N–H and O–H groups in total. The molecule has 61 heavy (non-hydrogen) atoms. The largest absolute Gasteiger partial charge is 0.455 e. The van der Waals surface area contributed by atoms with E-state index in [9.17, 15) is 0 Å². The summed E-state index contributed by atoms with van der Waals surface area (Å²) in [4.78, 5) is 4.79. The van der Waals surface area contributed by atoms with Gasteiger partial charge in [-0.2, -0.15) is 0 Å². The van der Waals surface area contributed by atoms with Crippen molar-refractivity contribution in [2.45, 2.75) is 13.8 Å². The maximum Gasteiger partial charge on any atom is 0.143 e. The van der Waals surface area contributed by atoms with Crippen molar-refractivity contribution in [1.82, 2.24) is 0 Å². The average Bonchev–Trinajstić information content (AvgIpc) is 3.70. The minimum atomic E-state index is 0.883. The fraction of sp³-hybridized carbons (Fsp3) is 0.0345. The summed E-state index contributed by atoms with van der Waals surface area (Å²) >= 11 is 0. The van der Waals surface area contributed by atoms with Gasteiger partial charge in [-0.05, 0) is 96.8 Å². The fourth-order valence-electron chi connectivity index (χ4n) is 8.86. The monoisotopic (exact) mass is 782 g/mol. The summed E-state index contributed by atoms with van der Waals surface area (Å²) < 4.78 is 7.10. The van der Waals surface area contributed by atoms with Crippen molar-refractivity contribution < 1.29 is 4.42 Å². The number of rotatable bonds is 8. The highest BCUT2D eigenvalue weighted by Gasteiger charge is 2.24. The molecule has 0 radical (unpaired) electrons. The predicted octanol–water partition coefficient (Wildman–Crippen LogP) is 16.8. The molecule has 0 amide bonds. The van der Waals surface area contributed by atoms with Crippen LogP contribution in [0, 0.1) is 13.8 Å². The Kier molecular flexibility index (Phi) is 8.94. The topological polar surface area (TPSA) is 19.6 Å². The van der Waals surface area contributed by atoms with Gasteiger partial charge < -0.3 is 14.2 Å². The molecule has 0 aliphatic heterocycles. The van der Waals surface area contributed by atoms with Gasteiger partial charge in [0.25, 0.3) is 0 Å². The van der Waals surface area contributed by atoms with Crippen LogP contribution in [0.2, 0.25) is 0 Å². The molecular weight excluding hydrogens is 741 g/mol. The molecule has 1 aromatic heterocycles. The van der Waals surface area contributed by atoms with Crippen molar-refractivity contribution in [1.29, 1.82) is 0 Å². The Hall–Kier alpha value is -7.88. The summed E-state index contributed by atoms with van der Waals surface area (Å²) in [6, 6.07) is 78.7. The molecular formula is C58H42N2O. The van der Waals surface area contributed by atoms with Gasteiger partial charge in [0.05, 0.1) is 11.4 Å². The molecule has 10 aromatic carbocycles. The Bertz CT molecular complexity index is 3110. The van der Waals surface area contributed by atoms with Gasteiger partial charge in [-0.25, -0.2) is 0 Å². The van der Waals surface area contributed by atoms with E-state index in [1.54, 1.807) is 0 Å². The van der Waals surface area contributed by atoms with Crippen LogP contribution < -0.4 is 9.80 Å². The SMILES string of the molecule is Cc1ccc(N(c2ccc(-c3ccccc3)cc2)c2cc3c4cc(N(c5ccc(C)cc5)c5ccc(-c6ccccc6)cc5)c5ccccc5c4oc3c3ccccc23)cc1. The number of furan rings is 1. The van der Waals surface area contributed by atoms with Crippen molar-refractivity contribution in [3.05, 3.63) is 230 Å². The van der Waals surface area contributed by atoms with Gasteiger partial charge >= 0.3 is 0 Å². The Morgan fingerprint density at radius 1 is 0.279 bits per heavy atom. The minimum absolute atomic E-state index is 0.883. The van der Waals surface area contributed by atoms with E-state index in [0.717, 1.165) is 77.6 Å². The van der Waals surface area contributed by atoms with Crippen LogP contribution in [0.15, 0.2) is 223 Å². The number of fused-ring (bicyclic) bond motifs is 7. The number of nitrogens with zero attached hydrogens (tertiary/aromatic N) is 2. The standard InChI is InChI=1S/C58H42N2O/c1-39-21-29-45(30-22-39)59(47-33-25-43(26-34-47)41-13-5-3-6-14-41)55-37-53-54-38-56(50-18-10-12-20-52(50)58(54)61-57(53)51-19-11-9-17-49(51)55)60(46-31-23-40(2)24-32-46)48-35-27-44(28-36-48)42-15-7-4-8-16-42/h3-38H,1-2H3. The van der Waals surface area contributed by atoms with Crippen molar-refractivity contribution in [3.8, 4) is 22.3 Å². The van der Waals surface area contributed by atoms with E-state index < -0.39 is 0 Å². The van der Waals surface area contributed by atoms with Gasteiger partial charge in [-0.1, -0.05) is 169 Å². The van der Waals surface area contributed by atoms with Crippen LogP contribution in [-0.2, 0) is 0 Å². The van der Waals surface area contributed by atoms with Crippen LogP contribution in [0.5, 0.6) is 0 Å². The van der Waals surface area contributed by atoms with E-state index in [1.807, 2.05) is 0 Å². The van der Waals surface area contributed by atoms with Crippen LogP contribution in [-0.4, -0.2) is 0 Å². The van der Waals surface area contributed by atoms with E-state index in [4.69, 9.17) is 4.42 Å². The highest BCUT2D eigenvalue weighted by Crippen LogP contribution is 2.49.